The van der Waals surface area contributed by atoms with Gasteiger partial charge in [-0.25, -0.2) is 0 Å². The Kier molecular flexibility index (Phi) is 17.6. The zero-order chi connectivity index (χ0) is 32.5. The summed E-state index contributed by atoms with van der Waals surface area (Å²) in [5.74, 6) is -0.727. The van der Waals surface area contributed by atoms with Crippen LogP contribution in [-0.2, 0) is 20.9 Å². The first kappa shape index (κ1) is 38.1. The van der Waals surface area contributed by atoms with Crippen LogP contribution in [0.2, 0.25) is 0 Å². The Balaban J connectivity index is 1.76. The molecule has 9 heteroatoms. The monoisotopic (exact) mass is 682 g/mol. The summed E-state index contributed by atoms with van der Waals surface area (Å²) in [6, 6.07) is 15.2. The molecule has 2 aromatic carbocycles. The fourth-order valence-electron chi connectivity index (χ4n) is 5.81. The number of alkyl halides is 3. The molecule has 1 aliphatic heterocycles. The number of aliphatic hydroxyl groups excluding tert-OH is 1. The molecular formula is C36H53Cl3N2O4. The van der Waals surface area contributed by atoms with Crippen molar-refractivity contribution in [3.05, 3.63) is 65.2 Å². The lowest BCUT2D eigenvalue weighted by atomic mass is 9.99. The van der Waals surface area contributed by atoms with E-state index >= 15 is 0 Å². The SMILES string of the molecule is CCCCCCCCN(CCCCCCCC)CC1CC(c2ccc(CO)cc2)OC(c2cccc(NC(=O)C(Cl)(Cl)Cl)c2)O1. The number of benzene rings is 2. The van der Waals surface area contributed by atoms with Crippen molar-refractivity contribution in [3.8, 4) is 0 Å². The average molecular weight is 684 g/mol. The van der Waals surface area contributed by atoms with Crippen molar-refractivity contribution < 1.29 is 19.4 Å². The molecule has 0 aliphatic carbocycles. The highest BCUT2D eigenvalue weighted by Crippen LogP contribution is 2.39. The molecule has 1 fully saturated rings. The number of hydrogen-bond acceptors (Lipinski definition) is 5. The Morgan fingerprint density at radius 2 is 1.44 bits per heavy atom. The summed E-state index contributed by atoms with van der Waals surface area (Å²) in [6.45, 7) is 7.49. The van der Waals surface area contributed by atoms with E-state index in [1.807, 2.05) is 36.4 Å². The number of unbranched alkanes of at least 4 members (excludes halogenated alkanes) is 10. The van der Waals surface area contributed by atoms with E-state index in [4.69, 9.17) is 44.3 Å². The molecule has 252 valence electrons. The smallest absolute Gasteiger partial charge is 0.276 e. The van der Waals surface area contributed by atoms with E-state index in [2.05, 4.69) is 24.1 Å². The molecule has 1 saturated heterocycles. The maximum absolute atomic E-state index is 12.3. The van der Waals surface area contributed by atoms with Crippen LogP contribution in [-0.4, -0.2) is 45.4 Å². The fourth-order valence-corrected chi connectivity index (χ4v) is 5.95. The number of amides is 1. The first-order valence-electron chi connectivity index (χ1n) is 16.9. The van der Waals surface area contributed by atoms with Crippen molar-refractivity contribution >= 4 is 46.4 Å². The molecule has 1 amide bonds. The Labute approximate surface area is 286 Å². The van der Waals surface area contributed by atoms with Gasteiger partial charge in [0.05, 0.1) is 18.8 Å². The van der Waals surface area contributed by atoms with Gasteiger partial charge in [-0.1, -0.05) is 149 Å². The number of nitrogens with zero attached hydrogens (tertiary/aromatic N) is 1. The zero-order valence-electron chi connectivity index (χ0n) is 27.1. The van der Waals surface area contributed by atoms with Gasteiger partial charge in [0, 0.05) is 24.2 Å². The number of rotatable bonds is 20. The molecule has 3 rings (SSSR count). The van der Waals surface area contributed by atoms with Gasteiger partial charge in [0.25, 0.3) is 9.70 Å². The molecule has 1 aliphatic rings. The maximum Gasteiger partial charge on any atom is 0.276 e. The van der Waals surface area contributed by atoms with Crippen LogP contribution >= 0.6 is 34.8 Å². The Hall–Kier alpha value is -1.38. The highest BCUT2D eigenvalue weighted by Gasteiger charge is 2.34. The van der Waals surface area contributed by atoms with Crippen LogP contribution in [0.1, 0.15) is 126 Å². The maximum atomic E-state index is 12.3. The topological polar surface area (TPSA) is 71.0 Å². The van der Waals surface area contributed by atoms with Crippen molar-refractivity contribution in [3.63, 3.8) is 0 Å². The number of ether oxygens (including phenoxy) is 2. The summed E-state index contributed by atoms with van der Waals surface area (Å²) >= 11 is 17.3. The van der Waals surface area contributed by atoms with Crippen LogP contribution in [0.3, 0.4) is 0 Å². The number of nitrogens with one attached hydrogen (secondary N) is 1. The van der Waals surface area contributed by atoms with Crippen molar-refractivity contribution in [1.82, 2.24) is 4.90 Å². The van der Waals surface area contributed by atoms with E-state index in [1.165, 1.54) is 77.0 Å². The predicted molar refractivity (Wildman–Crippen MR) is 187 cm³/mol. The van der Waals surface area contributed by atoms with Gasteiger partial charge in [-0.2, -0.15) is 0 Å². The number of aliphatic hydroxyl groups is 1. The van der Waals surface area contributed by atoms with Gasteiger partial charge >= 0.3 is 0 Å². The van der Waals surface area contributed by atoms with E-state index in [9.17, 15) is 9.90 Å². The second-order valence-electron chi connectivity index (χ2n) is 12.3. The van der Waals surface area contributed by atoms with Crippen LogP contribution in [0.25, 0.3) is 0 Å². The third kappa shape index (κ3) is 14.1. The first-order chi connectivity index (χ1) is 21.7. The van der Waals surface area contributed by atoms with Crippen LogP contribution in [0.5, 0.6) is 0 Å². The molecule has 0 saturated carbocycles. The third-order valence-corrected chi connectivity index (χ3v) is 8.92. The Morgan fingerprint density at radius 1 is 0.844 bits per heavy atom. The first-order valence-corrected chi connectivity index (χ1v) is 18.1. The minimum absolute atomic E-state index is 0.00127. The van der Waals surface area contributed by atoms with E-state index in [1.54, 1.807) is 12.1 Å². The van der Waals surface area contributed by atoms with Gasteiger partial charge in [0.15, 0.2) is 6.29 Å². The standard InChI is InChI=1S/C36H53Cl3N2O4/c1-3-5-7-9-11-13-22-41(23-14-12-10-8-6-4-2)26-32-25-33(29-20-18-28(27-42)19-21-29)45-34(44-32)30-16-15-17-31(24-30)40-35(43)36(37,38)39/h15-21,24,32-34,42H,3-14,22-23,25-27H2,1-2H3,(H,40,43). The third-order valence-electron chi connectivity index (χ3n) is 8.41. The lowest BCUT2D eigenvalue weighted by Crippen LogP contribution is -2.40. The van der Waals surface area contributed by atoms with Crippen molar-refractivity contribution in [2.45, 2.75) is 126 Å². The minimum atomic E-state index is -2.07. The number of anilines is 1. The van der Waals surface area contributed by atoms with E-state index in [0.29, 0.717) is 5.69 Å². The summed E-state index contributed by atoms with van der Waals surface area (Å²) in [5, 5.41) is 12.2. The highest BCUT2D eigenvalue weighted by molar-refractivity contribution is 6.76. The molecule has 0 bridgehead atoms. The highest BCUT2D eigenvalue weighted by atomic mass is 35.6. The second-order valence-corrected chi connectivity index (χ2v) is 14.5. The summed E-state index contributed by atoms with van der Waals surface area (Å²) in [7, 11) is 0. The van der Waals surface area contributed by atoms with Gasteiger partial charge < -0.3 is 24.8 Å². The Bertz CT molecular complexity index is 1100. The number of carbonyl (C=O) groups is 1. The number of carbonyl (C=O) groups excluding carboxylic acids is 1. The molecule has 45 heavy (non-hydrogen) atoms. The average Bonchev–Trinajstić information content (AvgIpc) is 3.03. The van der Waals surface area contributed by atoms with Gasteiger partial charge in [0.2, 0.25) is 0 Å². The van der Waals surface area contributed by atoms with Crippen molar-refractivity contribution in [2.24, 2.45) is 0 Å². The van der Waals surface area contributed by atoms with Crippen LogP contribution in [0, 0.1) is 0 Å². The normalized spacial score (nSPS) is 18.8. The number of hydrogen-bond donors (Lipinski definition) is 2. The lowest BCUT2D eigenvalue weighted by Gasteiger charge is -2.38. The largest absolute Gasteiger partial charge is 0.392 e. The minimum Gasteiger partial charge on any atom is -0.392 e. The van der Waals surface area contributed by atoms with Crippen LogP contribution < -0.4 is 5.32 Å². The summed E-state index contributed by atoms with van der Waals surface area (Å²) in [5.41, 5.74) is 3.18. The molecule has 2 aromatic rings. The summed E-state index contributed by atoms with van der Waals surface area (Å²) < 4.78 is 11.1. The summed E-state index contributed by atoms with van der Waals surface area (Å²) in [6.07, 6.45) is 15.1. The van der Waals surface area contributed by atoms with Crippen LogP contribution in [0.15, 0.2) is 48.5 Å². The molecule has 0 radical (unpaired) electrons. The molecule has 6 nitrogen and oxygen atoms in total. The lowest BCUT2D eigenvalue weighted by molar-refractivity contribution is -0.253. The van der Waals surface area contributed by atoms with E-state index in [0.717, 1.165) is 42.7 Å². The van der Waals surface area contributed by atoms with Crippen LogP contribution in [0.4, 0.5) is 5.69 Å². The molecule has 0 aromatic heterocycles. The van der Waals surface area contributed by atoms with Crippen molar-refractivity contribution in [2.75, 3.05) is 25.0 Å². The molecule has 3 unspecified atom stereocenters. The van der Waals surface area contributed by atoms with Gasteiger partial charge in [-0.3, -0.25) is 4.79 Å². The summed E-state index contributed by atoms with van der Waals surface area (Å²) in [4.78, 5) is 14.9. The molecular weight excluding hydrogens is 631 g/mol. The zero-order valence-corrected chi connectivity index (χ0v) is 29.4. The van der Waals surface area contributed by atoms with Crippen molar-refractivity contribution in [1.29, 1.82) is 0 Å². The Morgan fingerprint density at radius 3 is 2.02 bits per heavy atom. The fraction of sp³-hybridized carbons (Fsp3) is 0.639. The molecule has 2 N–H and O–H groups in total. The van der Waals surface area contributed by atoms with E-state index < -0.39 is 16.0 Å². The number of halogens is 3. The quantitative estimate of drug-likeness (QED) is 0.107. The van der Waals surface area contributed by atoms with E-state index in [-0.39, 0.29) is 18.8 Å². The van der Waals surface area contributed by atoms with Gasteiger partial charge in [-0.05, 0) is 49.2 Å². The van der Waals surface area contributed by atoms with Gasteiger partial charge in [-0.15, -0.1) is 0 Å². The second kappa shape index (κ2) is 20.8. The molecule has 0 spiro atoms. The predicted octanol–water partition coefficient (Wildman–Crippen LogP) is 10.1. The molecule has 1 heterocycles. The van der Waals surface area contributed by atoms with Gasteiger partial charge in [0.1, 0.15) is 0 Å². The molecule has 3 atom stereocenters.